The highest BCUT2D eigenvalue weighted by atomic mass is 32.2. The Morgan fingerprint density at radius 2 is 2.00 bits per heavy atom. The molecule has 0 bridgehead atoms. The van der Waals surface area contributed by atoms with E-state index in [9.17, 15) is 23.3 Å². The molecule has 0 heterocycles. The average Bonchev–Trinajstić information content (AvgIpc) is 2.28. The first-order valence-electron chi connectivity index (χ1n) is 4.82. The van der Waals surface area contributed by atoms with Crippen molar-refractivity contribution in [1.29, 1.82) is 0 Å². The quantitative estimate of drug-likeness (QED) is 0.665. The van der Waals surface area contributed by atoms with E-state index in [1.807, 2.05) is 0 Å². The van der Waals surface area contributed by atoms with Crippen molar-refractivity contribution < 1.29 is 22.8 Å². The molecule has 1 aromatic carbocycles. The number of anilines is 1. The maximum absolute atomic E-state index is 11.9. The highest BCUT2D eigenvalue weighted by Gasteiger charge is 2.30. The van der Waals surface area contributed by atoms with Crippen molar-refractivity contribution in [2.24, 2.45) is 0 Å². The molecule has 0 amide bonds. The molecule has 19 heavy (non-hydrogen) atoms. The fourth-order valence-corrected chi connectivity index (χ4v) is 1.53. The number of hydrogen-bond donors (Lipinski definition) is 1. The Morgan fingerprint density at radius 1 is 1.42 bits per heavy atom. The van der Waals surface area contributed by atoms with Crippen molar-refractivity contribution in [2.75, 3.05) is 11.6 Å². The van der Waals surface area contributed by atoms with Gasteiger partial charge in [-0.15, -0.1) is 24.9 Å². The smallest absolute Gasteiger partial charge is 0.406 e. The van der Waals surface area contributed by atoms with E-state index in [0.29, 0.717) is 5.69 Å². The largest absolute Gasteiger partial charge is 0.573 e. The number of benzene rings is 1. The fraction of sp³-hybridized carbons (Fsp3) is 0.200. The molecule has 0 aliphatic heterocycles. The van der Waals surface area contributed by atoms with E-state index < -0.39 is 11.3 Å². The van der Waals surface area contributed by atoms with Gasteiger partial charge in [-0.3, -0.25) is 10.1 Å². The molecule has 0 spiro atoms. The topological polar surface area (TPSA) is 64.4 Å². The molecule has 1 rings (SSSR count). The van der Waals surface area contributed by atoms with Crippen LogP contribution < -0.4 is 10.1 Å². The first-order chi connectivity index (χ1) is 8.80. The summed E-state index contributed by atoms with van der Waals surface area (Å²) in [5.41, 5.74) is 0.414. The summed E-state index contributed by atoms with van der Waals surface area (Å²) in [4.78, 5) is 9.68. The van der Waals surface area contributed by atoms with Crippen molar-refractivity contribution in [1.82, 2.24) is 0 Å². The van der Waals surface area contributed by atoms with E-state index in [-0.39, 0.29) is 10.8 Å². The highest BCUT2D eigenvalue weighted by molar-refractivity contribution is 8.02. The van der Waals surface area contributed by atoms with E-state index in [1.54, 1.807) is 6.26 Å². The number of hydrogen-bond acceptors (Lipinski definition) is 5. The zero-order chi connectivity index (χ0) is 14.5. The Balaban J connectivity index is 2.74. The Morgan fingerprint density at radius 3 is 2.42 bits per heavy atom. The maximum Gasteiger partial charge on any atom is 0.573 e. The van der Waals surface area contributed by atoms with Gasteiger partial charge in [0.2, 0.25) is 0 Å². The second-order valence-corrected chi connectivity index (χ2v) is 4.03. The summed E-state index contributed by atoms with van der Waals surface area (Å²) in [5, 5.41) is 13.3. The van der Waals surface area contributed by atoms with Gasteiger partial charge in [0.1, 0.15) is 10.8 Å². The molecule has 0 aromatic heterocycles. The van der Waals surface area contributed by atoms with Gasteiger partial charge in [0.25, 0.3) is 6.20 Å². The van der Waals surface area contributed by atoms with Crippen LogP contribution in [0.4, 0.5) is 18.9 Å². The van der Waals surface area contributed by atoms with Gasteiger partial charge in [0.05, 0.1) is 4.92 Å². The number of nitrogens with one attached hydrogen (secondary N) is 1. The molecule has 0 aliphatic carbocycles. The zero-order valence-electron chi connectivity index (χ0n) is 9.60. The minimum Gasteiger partial charge on any atom is -0.406 e. The zero-order valence-corrected chi connectivity index (χ0v) is 10.4. The number of nitrogens with zero attached hydrogens (tertiary/aromatic N) is 1. The van der Waals surface area contributed by atoms with Gasteiger partial charge in [0, 0.05) is 5.69 Å². The van der Waals surface area contributed by atoms with Gasteiger partial charge in [-0.1, -0.05) is 0 Å². The van der Waals surface area contributed by atoms with E-state index in [2.05, 4.69) is 10.1 Å². The molecule has 1 aromatic rings. The van der Waals surface area contributed by atoms with E-state index in [0.717, 1.165) is 30.1 Å². The third-order valence-corrected chi connectivity index (χ3v) is 2.45. The Bertz CT molecular complexity index is 474. The van der Waals surface area contributed by atoms with E-state index >= 15 is 0 Å². The predicted octanol–water partition coefficient (Wildman–Crippen LogP) is 3.44. The third kappa shape index (κ3) is 6.00. The summed E-state index contributed by atoms with van der Waals surface area (Å²) in [7, 11) is 0. The molecule has 5 nitrogen and oxygen atoms in total. The Kier molecular flexibility index (Phi) is 5.04. The van der Waals surface area contributed by atoms with Crippen LogP contribution in [0.25, 0.3) is 0 Å². The van der Waals surface area contributed by atoms with Crippen molar-refractivity contribution in [3.05, 3.63) is 45.6 Å². The van der Waals surface area contributed by atoms with E-state index in [1.165, 1.54) is 12.1 Å². The Labute approximate surface area is 110 Å². The minimum atomic E-state index is -4.75. The molecule has 0 atom stereocenters. The molecule has 9 heteroatoms. The lowest BCUT2D eigenvalue weighted by Gasteiger charge is -2.10. The van der Waals surface area contributed by atoms with Crippen LogP contribution in [0.15, 0.2) is 35.5 Å². The molecule has 0 radical (unpaired) electrons. The summed E-state index contributed by atoms with van der Waals surface area (Å²) in [6.07, 6.45) is -2.35. The number of ether oxygens (including phenoxy) is 1. The van der Waals surface area contributed by atoms with Crippen LogP contribution in [0.3, 0.4) is 0 Å². The lowest BCUT2D eigenvalue weighted by molar-refractivity contribution is -0.402. The van der Waals surface area contributed by atoms with Crippen molar-refractivity contribution in [3.8, 4) is 5.75 Å². The monoisotopic (exact) mass is 294 g/mol. The SMILES string of the molecule is CS/C(=C/[N+](=O)[O-])Nc1ccc(OC(F)(F)F)cc1. The molecule has 1 N–H and O–H groups in total. The van der Waals surface area contributed by atoms with Crippen LogP contribution in [0, 0.1) is 10.1 Å². The van der Waals surface area contributed by atoms with Crippen molar-refractivity contribution in [2.45, 2.75) is 6.36 Å². The van der Waals surface area contributed by atoms with Crippen molar-refractivity contribution in [3.63, 3.8) is 0 Å². The Hall–Kier alpha value is -1.90. The molecular weight excluding hydrogens is 285 g/mol. The summed E-state index contributed by atoms with van der Waals surface area (Å²) < 4.78 is 39.5. The molecular formula is C10H9F3N2O3S. The van der Waals surface area contributed by atoms with Crippen LogP contribution in [0.2, 0.25) is 0 Å². The standard InChI is InChI=1S/C10H9F3N2O3S/c1-19-9(6-15(16)17)14-7-2-4-8(5-3-7)18-10(11,12)13/h2-6,14H,1H3/b9-6+. The molecule has 104 valence electrons. The summed E-state index contributed by atoms with van der Waals surface area (Å²) in [5.74, 6) is -0.359. The molecule has 0 saturated heterocycles. The molecule has 0 saturated carbocycles. The maximum atomic E-state index is 11.9. The lowest BCUT2D eigenvalue weighted by atomic mass is 10.3. The average molecular weight is 294 g/mol. The van der Waals surface area contributed by atoms with Gasteiger partial charge in [0.15, 0.2) is 0 Å². The molecule has 0 aliphatic rings. The molecule has 0 fully saturated rings. The molecule has 0 unspecified atom stereocenters. The van der Waals surface area contributed by atoms with Crippen LogP contribution in [0.5, 0.6) is 5.75 Å². The second-order valence-electron chi connectivity index (χ2n) is 3.18. The number of halogens is 3. The summed E-state index contributed by atoms with van der Waals surface area (Å²) in [6, 6.07) is 4.87. The third-order valence-electron chi connectivity index (χ3n) is 1.80. The van der Waals surface area contributed by atoms with Gasteiger partial charge in [-0.2, -0.15) is 0 Å². The first-order valence-corrected chi connectivity index (χ1v) is 6.05. The second kappa shape index (κ2) is 6.32. The van der Waals surface area contributed by atoms with Gasteiger partial charge in [-0.25, -0.2) is 0 Å². The van der Waals surface area contributed by atoms with E-state index in [4.69, 9.17) is 0 Å². The van der Waals surface area contributed by atoms with Crippen molar-refractivity contribution >= 4 is 17.4 Å². The predicted molar refractivity (Wildman–Crippen MR) is 65.3 cm³/mol. The van der Waals surface area contributed by atoms with Crippen LogP contribution in [-0.2, 0) is 0 Å². The lowest BCUT2D eigenvalue weighted by Crippen LogP contribution is -2.17. The summed E-state index contributed by atoms with van der Waals surface area (Å²) in [6.45, 7) is 0. The van der Waals surface area contributed by atoms with Crippen LogP contribution >= 0.6 is 11.8 Å². The summed E-state index contributed by atoms with van der Waals surface area (Å²) >= 11 is 1.10. The first kappa shape index (κ1) is 15.2. The van der Waals surface area contributed by atoms with Gasteiger partial charge in [-0.05, 0) is 30.5 Å². The number of thioether (sulfide) groups is 1. The number of rotatable bonds is 5. The van der Waals surface area contributed by atoms with Gasteiger partial charge < -0.3 is 10.1 Å². The van der Waals surface area contributed by atoms with Gasteiger partial charge >= 0.3 is 6.36 Å². The van der Waals surface area contributed by atoms with Crippen LogP contribution in [-0.4, -0.2) is 17.5 Å². The van der Waals surface area contributed by atoms with Crippen LogP contribution in [0.1, 0.15) is 0 Å². The number of alkyl halides is 3. The fourth-order valence-electron chi connectivity index (χ4n) is 1.11. The highest BCUT2D eigenvalue weighted by Crippen LogP contribution is 2.25. The minimum absolute atomic E-state index is 0.259. The normalized spacial score (nSPS) is 12.1. The number of nitro groups is 1.